The van der Waals surface area contributed by atoms with Crippen LogP contribution in [0.5, 0.6) is 0 Å². The lowest BCUT2D eigenvalue weighted by atomic mass is 10.2. The molecule has 1 saturated carbocycles. The number of nitrogens with one attached hydrogen (secondary N) is 3. The van der Waals surface area contributed by atoms with Crippen LogP contribution in [0.15, 0.2) is 35.3 Å². The predicted molar refractivity (Wildman–Crippen MR) is 99.1 cm³/mol. The summed E-state index contributed by atoms with van der Waals surface area (Å²) in [5, 5.41) is 10.2. The molecule has 5 nitrogen and oxygen atoms in total. The maximum absolute atomic E-state index is 12.0. The Kier molecular flexibility index (Phi) is 7.26. The summed E-state index contributed by atoms with van der Waals surface area (Å²) in [6.45, 7) is 2.92. The number of thioether (sulfide) groups is 1. The van der Waals surface area contributed by atoms with Crippen molar-refractivity contribution in [2.75, 3.05) is 24.7 Å². The van der Waals surface area contributed by atoms with Crippen LogP contribution in [-0.2, 0) is 4.79 Å². The van der Waals surface area contributed by atoms with Gasteiger partial charge in [0.25, 0.3) is 0 Å². The molecule has 2 rings (SSSR count). The van der Waals surface area contributed by atoms with Gasteiger partial charge in [-0.25, -0.2) is 4.99 Å². The van der Waals surface area contributed by atoms with E-state index in [1.807, 2.05) is 49.0 Å². The smallest absolute Gasteiger partial charge is 0.246 e. The van der Waals surface area contributed by atoms with Gasteiger partial charge in [-0.3, -0.25) is 4.79 Å². The molecule has 0 aliphatic heterocycles. The average molecular weight is 334 g/mol. The first-order valence-electron chi connectivity index (χ1n) is 8.13. The minimum absolute atomic E-state index is 0.109. The van der Waals surface area contributed by atoms with Crippen LogP contribution in [0, 0.1) is 0 Å². The lowest BCUT2D eigenvalue weighted by Gasteiger charge is -2.17. The van der Waals surface area contributed by atoms with E-state index < -0.39 is 0 Å². The zero-order valence-electron chi connectivity index (χ0n) is 13.8. The van der Waals surface area contributed by atoms with Crippen LogP contribution in [0.4, 0.5) is 5.69 Å². The van der Waals surface area contributed by atoms with Gasteiger partial charge < -0.3 is 16.0 Å². The van der Waals surface area contributed by atoms with Gasteiger partial charge in [-0.05, 0) is 44.6 Å². The third-order valence-corrected chi connectivity index (χ3v) is 4.94. The van der Waals surface area contributed by atoms with Crippen LogP contribution < -0.4 is 16.0 Å². The number of benzene rings is 1. The first-order valence-corrected chi connectivity index (χ1v) is 9.42. The number of carbonyl (C=O) groups excluding carboxylic acids is 1. The standard InChI is InChI=1S/C17H26N4OS/c1-3-18-17(21-14-9-10-15(11-14)23-2)19-12-16(22)20-13-7-5-4-6-8-13/h4-8,14-15H,3,9-12H2,1-2H3,(H,20,22)(H2,18,19,21). The van der Waals surface area contributed by atoms with Crippen molar-refractivity contribution in [3.8, 4) is 0 Å². The summed E-state index contributed by atoms with van der Waals surface area (Å²) in [4.78, 5) is 16.4. The van der Waals surface area contributed by atoms with Gasteiger partial charge in [-0.15, -0.1) is 0 Å². The Bertz CT molecular complexity index is 521. The summed E-state index contributed by atoms with van der Waals surface area (Å²) in [7, 11) is 0. The Morgan fingerprint density at radius 2 is 2.09 bits per heavy atom. The second kappa shape index (κ2) is 9.45. The van der Waals surface area contributed by atoms with Crippen LogP contribution >= 0.6 is 11.8 Å². The largest absolute Gasteiger partial charge is 0.357 e. The van der Waals surface area contributed by atoms with E-state index in [2.05, 4.69) is 27.2 Å². The van der Waals surface area contributed by atoms with E-state index in [-0.39, 0.29) is 12.5 Å². The average Bonchev–Trinajstić information content (AvgIpc) is 3.01. The minimum atomic E-state index is -0.109. The zero-order valence-corrected chi connectivity index (χ0v) is 14.7. The Balaban J connectivity index is 1.84. The number of hydrogen-bond donors (Lipinski definition) is 3. The van der Waals surface area contributed by atoms with Crippen molar-refractivity contribution in [3.05, 3.63) is 30.3 Å². The summed E-state index contributed by atoms with van der Waals surface area (Å²) < 4.78 is 0. The molecular weight excluding hydrogens is 308 g/mol. The molecule has 1 fully saturated rings. The number of anilines is 1. The molecule has 2 unspecified atom stereocenters. The van der Waals surface area contributed by atoms with Gasteiger partial charge in [0.05, 0.1) is 0 Å². The first kappa shape index (κ1) is 17.7. The van der Waals surface area contributed by atoms with Gasteiger partial charge in [0.15, 0.2) is 5.96 Å². The molecule has 1 amide bonds. The predicted octanol–water partition coefficient (Wildman–Crippen LogP) is 2.46. The number of hydrogen-bond acceptors (Lipinski definition) is 3. The summed E-state index contributed by atoms with van der Waals surface area (Å²) in [5.41, 5.74) is 0.796. The molecule has 0 saturated heterocycles. The fraction of sp³-hybridized carbons (Fsp3) is 0.529. The Morgan fingerprint density at radius 3 is 2.74 bits per heavy atom. The van der Waals surface area contributed by atoms with Crippen molar-refractivity contribution in [1.82, 2.24) is 10.6 Å². The number of carbonyl (C=O) groups is 1. The lowest BCUT2D eigenvalue weighted by Crippen LogP contribution is -2.43. The maximum atomic E-state index is 12.0. The number of guanidine groups is 1. The van der Waals surface area contributed by atoms with E-state index in [0.29, 0.717) is 6.04 Å². The first-order chi connectivity index (χ1) is 11.2. The minimum Gasteiger partial charge on any atom is -0.357 e. The summed E-state index contributed by atoms with van der Waals surface area (Å²) >= 11 is 1.93. The molecule has 23 heavy (non-hydrogen) atoms. The highest BCUT2D eigenvalue weighted by molar-refractivity contribution is 7.99. The number of nitrogens with zero attached hydrogens (tertiary/aromatic N) is 1. The van der Waals surface area contributed by atoms with E-state index in [1.165, 1.54) is 6.42 Å². The zero-order chi connectivity index (χ0) is 16.5. The van der Waals surface area contributed by atoms with E-state index in [4.69, 9.17) is 0 Å². The van der Waals surface area contributed by atoms with Crippen molar-refractivity contribution >= 4 is 29.3 Å². The highest BCUT2D eigenvalue weighted by Gasteiger charge is 2.24. The molecule has 0 aromatic heterocycles. The van der Waals surface area contributed by atoms with E-state index in [1.54, 1.807) is 0 Å². The van der Waals surface area contributed by atoms with Crippen molar-refractivity contribution in [1.29, 1.82) is 0 Å². The highest BCUT2D eigenvalue weighted by atomic mass is 32.2. The normalized spacial score (nSPS) is 21.0. The molecule has 0 heterocycles. The van der Waals surface area contributed by atoms with Crippen LogP contribution in [-0.4, -0.2) is 42.5 Å². The molecule has 0 bridgehead atoms. The Morgan fingerprint density at radius 1 is 1.30 bits per heavy atom. The van der Waals surface area contributed by atoms with Gasteiger partial charge in [0.1, 0.15) is 6.54 Å². The van der Waals surface area contributed by atoms with Crippen molar-refractivity contribution in [3.63, 3.8) is 0 Å². The highest BCUT2D eigenvalue weighted by Crippen LogP contribution is 2.27. The van der Waals surface area contributed by atoms with Crippen LogP contribution in [0.3, 0.4) is 0 Å². The van der Waals surface area contributed by atoms with Gasteiger partial charge in [-0.2, -0.15) is 11.8 Å². The van der Waals surface area contributed by atoms with Crippen molar-refractivity contribution < 1.29 is 4.79 Å². The van der Waals surface area contributed by atoms with Gasteiger partial charge in [-0.1, -0.05) is 18.2 Å². The van der Waals surface area contributed by atoms with Crippen molar-refractivity contribution in [2.45, 2.75) is 37.5 Å². The maximum Gasteiger partial charge on any atom is 0.246 e. The second-order valence-electron chi connectivity index (χ2n) is 5.62. The number of para-hydroxylation sites is 1. The summed E-state index contributed by atoms with van der Waals surface area (Å²) in [6.07, 6.45) is 5.72. The SMILES string of the molecule is CCNC(=NCC(=O)Nc1ccccc1)NC1CCC(SC)C1. The third kappa shape index (κ3) is 6.14. The molecule has 1 aromatic carbocycles. The lowest BCUT2D eigenvalue weighted by molar-refractivity contribution is -0.114. The van der Waals surface area contributed by atoms with E-state index >= 15 is 0 Å². The molecule has 0 spiro atoms. The Labute approximate surface area is 142 Å². The Hall–Kier alpha value is -1.69. The van der Waals surface area contributed by atoms with Gasteiger partial charge in [0, 0.05) is 23.5 Å². The number of amides is 1. The monoisotopic (exact) mass is 334 g/mol. The summed E-state index contributed by atoms with van der Waals surface area (Å²) in [6, 6.07) is 9.89. The molecule has 6 heteroatoms. The molecule has 3 N–H and O–H groups in total. The van der Waals surface area contributed by atoms with Crippen LogP contribution in [0.2, 0.25) is 0 Å². The molecule has 0 radical (unpaired) electrons. The van der Waals surface area contributed by atoms with Gasteiger partial charge >= 0.3 is 0 Å². The van der Waals surface area contributed by atoms with Crippen molar-refractivity contribution in [2.24, 2.45) is 4.99 Å². The van der Waals surface area contributed by atoms with E-state index in [0.717, 1.165) is 36.3 Å². The second-order valence-corrected chi connectivity index (χ2v) is 6.76. The molecule has 1 aliphatic rings. The third-order valence-electron chi connectivity index (χ3n) is 3.84. The van der Waals surface area contributed by atoms with Crippen LogP contribution in [0.1, 0.15) is 26.2 Å². The number of rotatable bonds is 6. The molecule has 2 atom stereocenters. The van der Waals surface area contributed by atoms with E-state index in [9.17, 15) is 4.79 Å². The fourth-order valence-corrected chi connectivity index (χ4v) is 3.47. The molecule has 1 aromatic rings. The quantitative estimate of drug-likeness (QED) is 0.552. The topological polar surface area (TPSA) is 65.5 Å². The molecule has 1 aliphatic carbocycles. The van der Waals surface area contributed by atoms with Gasteiger partial charge in [0.2, 0.25) is 5.91 Å². The molecular formula is C17H26N4OS. The molecule has 126 valence electrons. The summed E-state index contributed by atoms with van der Waals surface area (Å²) in [5.74, 6) is 0.615. The fourth-order valence-electron chi connectivity index (χ4n) is 2.67. The van der Waals surface area contributed by atoms with Crippen LogP contribution in [0.25, 0.3) is 0 Å². The number of aliphatic imine (C=N–C) groups is 1.